The molecule has 0 saturated carbocycles. The molecule has 0 heterocycles. The standard InChI is InChI=1S/C18H16O2P2.Na/c19-22(20)18-13-11-17(12-14-18)21(15-7-3-1-4-8-15)16-9-5-2-6-10-16;/h1-14,22H,(H,19,20);/q;+1/p-1. The molecule has 0 aromatic heterocycles. The van der Waals surface area contributed by atoms with Gasteiger partial charge in [0.15, 0.2) is 0 Å². The molecule has 3 rings (SSSR count). The Balaban J connectivity index is 0.00000192. The van der Waals surface area contributed by atoms with Crippen LogP contribution in [-0.4, -0.2) is 0 Å². The molecular formula is C18H15NaO2P2. The van der Waals surface area contributed by atoms with Crippen LogP contribution in [0.25, 0.3) is 0 Å². The van der Waals surface area contributed by atoms with Crippen LogP contribution in [0, 0.1) is 0 Å². The van der Waals surface area contributed by atoms with Crippen LogP contribution in [0.4, 0.5) is 0 Å². The van der Waals surface area contributed by atoms with Gasteiger partial charge in [0.05, 0.1) is 0 Å². The first kappa shape index (κ1) is 18.6. The summed E-state index contributed by atoms with van der Waals surface area (Å²) in [5.41, 5.74) is 0. The smallest absolute Gasteiger partial charge is 0.798 e. The molecule has 0 spiro atoms. The van der Waals surface area contributed by atoms with E-state index >= 15 is 0 Å². The molecule has 3 aromatic rings. The van der Waals surface area contributed by atoms with Gasteiger partial charge in [0.25, 0.3) is 0 Å². The summed E-state index contributed by atoms with van der Waals surface area (Å²) in [6.07, 6.45) is 0. The molecule has 2 nitrogen and oxygen atoms in total. The number of hydrogen-bond donors (Lipinski definition) is 0. The summed E-state index contributed by atoms with van der Waals surface area (Å²) in [4.78, 5) is 11.1. The molecule has 0 amide bonds. The van der Waals surface area contributed by atoms with Crippen molar-refractivity contribution in [2.24, 2.45) is 0 Å². The zero-order chi connectivity index (χ0) is 15.4. The average molecular weight is 348 g/mol. The molecule has 0 aliphatic rings. The molecule has 110 valence electrons. The fraction of sp³-hybridized carbons (Fsp3) is 0. The maximum Gasteiger partial charge on any atom is 1.00 e. The van der Waals surface area contributed by atoms with E-state index in [0.29, 0.717) is 5.30 Å². The topological polar surface area (TPSA) is 40.1 Å². The zero-order valence-electron chi connectivity index (χ0n) is 12.8. The molecule has 0 saturated heterocycles. The van der Waals surface area contributed by atoms with Crippen LogP contribution in [-0.2, 0) is 4.57 Å². The zero-order valence-corrected chi connectivity index (χ0v) is 16.7. The van der Waals surface area contributed by atoms with Crippen LogP contribution < -0.4 is 55.7 Å². The Bertz CT molecular complexity index is 723. The van der Waals surface area contributed by atoms with E-state index in [2.05, 4.69) is 24.3 Å². The van der Waals surface area contributed by atoms with E-state index in [4.69, 9.17) is 0 Å². The normalized spacial score (nSPS) is 11.7. The molecular weight excluding hydrogens is 333 g/mol. The van der Waals surface area contributed by atoms with E-state index in [9.17, 15) is 9.46 Å². The van der Waals surface area contributed by atoms with E-state index in [0.717, 1.165) is 5.30 Å². The third-order valence-electron chi connectivity index (χ3n) is 3.39. The molecule has 0 fully saturated rings. The Hall–Kier alpha value is -0.720. The number of benzene rings is 3. The molecule has 23 heavy (non-hydrogen) atoms. The molecule has 0 aliphatic carbocycles. The van der Waals surface area contributed by atoms with Gasteiger partial charge in [0.2, 0.25) is 0 Å². The fourth-order valence-electron chi connectivity index (χ4n) is 2.35. The van der Waals surface area contributed by atoms with E-state index in [1.165, 1.54) is 10.6 Å². The predicted molar refractivity (Wildman–Crippen MR) is 93.8 cm³/mol. The molecule has 0 aliphatic heterocycles. The molecule has 0 radical (unpaired) electrons. The molecule has 5 heteroatoms. The van der Waals surface area contributed by atoms with Crippen molar-refractivity contribution in [1.82, 2.24) is 0 Å². The van der Waals surface area contributed by atoms with Gasteiger partial charge < -0.3 is 9.46 Å². The quantitative estimate of drug-likeness (QED) is 0.444. The summed E-state index contributed by atoms with van der Waals surface area (Å²) in [6, 6.07) is 28.0. The van der Waals surface area contributed by atoms with E-state index < -0.39 is 15.9 Å². The van der Waals surface area contributed by atoms with Gasteiger partial charge in [-0.25, -0.2) is 0 Å². The van der Waals surface area contributed by atoms with Crippen molar-refractivity contribution >= 4 is 37.2 Å². The van der Waals surface area contributed by atoms with E-state index in [-0.39, 0.29) is 29.6 Å². The van der Waals surface area contributed by atoms with Crippen molar-refractivity contribution in [2.75, 3.05) is 0 Å². The third kappa shape index (κ3) is 4.64. The van der Waals surface area contributed by atoms with Crippen LogP contribution in [0.5, 0.6) is 0 Å². The molecule has 0 N–H and O–H groups in total. The summed E-state index contributed by atoms with van der Waals surface area (Å²) in [5.74, 6) is 0. The summed E-state index contributed by atoms with van der Waals surface area (Å²) in [6.45, 7) is 0. The molecule has 0 bridgehead atoms. The minimum absolute atomic E-state index is 0. The summed E-state index contributed by atoms with van der Waals surface area (Å²) in [7, 11) is -3.55. The summed E-state index contributed by atoms with van der Waals surface area (Å²) in [5, 5.41) is 4.06. The van der Waals surface area contributed by atoms with Crippen LogP contribution in [0.2, 0.25) is 0 Å². The van der Waals surface area contributed by atoms with Gasteiger partial charge in [-0.2, -0.15) is 0 Å². The first-order valence-electron chi connectivity index (χ1n) is 6.97. The summed E-state index contributed by atoms with van der Waals surface area (Å²) >= 11 is 0. The predicted octanol–water partition coefficient (Wildman–Crippen LogP) is -1.09. The van der Waals surface area contributed by atoms with Gasteiger partial charge in [-0.1, -0.05) is 84.9 Å². The first-order chi connectivity index (χ1) is 10.8. The SMILES string of the molecule is O=[PH]([O-])c1ccc(P(c2ccccc2)c2ccccc2)cc1.[Na+]. The van der Waals surface area contributed by atoms with Crippen LogP contribution >= 0.6 is 15.9 Å². The van der Waals surface area contributed by atoms with E-state index in [1.54, 1.807) is 12.1 Å². The molecule has 1 atom stereocenters. The Labute approximate surface area is 160 Å². The van der Waals surface area contributed by atoms with Gasteiger partial charge in [0.1, 0.15) is 0 Å². The summed E-state index contributed by atoms with van der Waals surface area (Å²) < 4.78 is 11.1. The van der Waals surface area contributed by atoms with Gasteiger partial charge in [0, 0.05) is 8.03 Å². The van der Waals surface area contributed by atoms with Crippen LogP contribution in [0.15, 0.2) is 84.9 Å². The Kier molecular flexibility index (Phi) is 7.24. The monoisotopic (exact) mass is 348 g/mol. The van der Waals surface area contributed by atoms with Crippen molar-refractivity contribution in [2.45, 2.75) is 0 Å². The van der Waals surface area contributed by atoms with Crippen LogP contribution in [0.3, 0.4) is 0 Å². The molecule has 1 unspecified atom stereocenters. The van der Waals surface area contributed by atoms with Gasteiger partial charge in [-0.05, 0) is 29.1 Å². The second kappa shape index (κ2) is 8.94. The van der Waals surface area contributed by atoms with Crippen molar-refractivity contribution in [3.8, 4) is 0 Å². The first-order valence-corrected chi connectivity index (χ1v) is 9.63. The van der Waals surface area contributed by atoms with Crippen molar-refractivity contribution < 1.29 is 39.0 Å². The molecule has 3 aromatic carbocycles. The maximum absolute atomic E-state index is 11.1. The Morgan fingerprint density at radius 2 is 1.04 bits per heavy atom. The van der Waals surface area contributed by atoms with Crippen LogP contribution in [0.1, 0.15) is 0 Å². The Morgan fingerprint density at radius 3 is 1.43 bits per heavy atom. The van der Waals surface area contributed by atoms with E-state index in [1.807, 2.05) is 48.5 Å². The fourth-order valence-corrected chi connectivity index (χ4v) is 5.07. The van der Waals surface area contributed by atoms with Crippen molar-refractivity contribution in [3.05, 3.63) is 84.9 Å². The minimum atomic E-state index is -2.87. The second-order valence-electron chi connectivity index (χ2n) is 4.84. The maximum atomic E-state index is 11.1. The van der Waals surface area contributed by atoms with Crippen molar-refractivity contribution in [1.29, 1.82) is 0 Å². The Morgan fingerprint density at radius 1 is 0.652 bits per heavy atom. The third-order valence-corrected chi connectivity index (χ3v) is 6.64. The van der Waals surface area contributed by atoms with Gasteiger partial charge in [-0.3, -0.25) is 0 Å². The number of rotatable bonds is 4. The largest absolute Gasteiger partial charge is 1.00 e. The second-order valence-corrected chi connectivity index (χ2v) is 8.21. The minimum Gasteiger partial charge on any atom is -0.798 e. The van der Waals surface area contributed by atoms with Gasteiger partial charge in [-0.15, -0.1) is 0 Å². The average Bonchev–Trinajstić information content (AvgIpc) is 2.57. The number of hydrogen-bond acceptors (Lipinski definition) is 2. The van der Waals surface area contributed by atoms with Crippen molar-refractivity contribution in [3.63, 3.8) is 0 Å². The van der Waals surface area contributed by atoms with Gasteiger partial charge >= 0.3 is 29.6 Å².